The van der Waals surface area contributed by atoms with Crippen LogP contribution in [0.15, 0.2) is 12.1 Å². The van der Waals surface area contributed by atoms with Crippen LogP contribution >= 0.6 is 9.53 Å². The fourth-order valence-corrected chi connectivity index (χ4v) is 1.63. The van der Waals surface area contributed by atoms with Crippen LogP contribution in [-0.4, -0.2) is 19.0 Å². The number of benzene rings is 1. The molecule has 0 spiro atoms. The van der Waals surface area contributed by atoms with E-state index in [9.17, 15) is 0 Å². The van der Waals surface area contributed by atoms with Gasteiger partial charge in [-0.25, -0.2) is 0 Å². The predicted octanol–water partition coefficient (Wildman–Crippen LogP) is 3.23. The number of halogens is 1. The molecule has 0 aliphatic heterocycles. The molecule has 1 rings (SSSR count). The molecule has 0 aliphatic rings. The van der Waals surface area contributed by atoms with Crippen LogP contribution in [0.4, 0.5) is 0 Å². The molecule has 0 fully saturated rings. The van der Waals surface area contributed by atoms with Crippen LogP contribution in [-0.2, 0) is 24.7 Å². The summed E-state index contributed by atoms with van der Waals surface area (Å²) in [4.78, 5) is 2.17. The molecule has 0 N–H and O–H groups in total. The number of rotatable bonds is 2. The molecule has 3 heteroatoms. The van der Waals surface area contributed by atoms with Crippen LogP contribution in [0, 0.1) is 20.8 Å². The summed E-state index contributed by atoms with van der Waals surface area (Å²) in [5.74, 6) is 0. The second-order valence-electron chi connectivity index (χ2n) is 3.96. The van der Waals surface area contributed by atoms with Gasteiger partial charge in [-0.1, -0.05) is 19.9 Å². The van der Waals surface area contributed by atoms with Gasteiger partial charge in [0, 0.05) is 0 Å². The van der Waals surface area contributed by atoms with Crippen molar-refractivity contribution in [3.63, 3.8) is 0 Å². The fraction of sp³-hybridized carbons (Fsp3) is 0.417. The molecule has 0 saturated heterocycles. The van der Waals surface area contributed by atoms with Gasteiger partial charge in [-0.05, 0) is 20.6 Å². The van der Waals surface area contributed by atoms with Gasteiger partial charge in [0.05, 0.1) is 0 Å². The topological polar surface area (TPSA) is 3.24 Å². The fourth-order valence-electron chi connectivity index (χ4n) is 1.63. The van der Waals surface area contributed by atoms with E-state index in [1.165, 1.54) is 16.7 Å². The molecule has 88 valence electrons. The standard InChI is InChI=1S/C12H18N.ClH.Pd/c1-9-6-10(2)12(8-13(4)5)11(3)7-9;;/h6-7H,2,8H2,1,3-5H3;1H;/q-1;;+2/p-1. The van der Waals surface area contributed by atoms with E-state index in [2.05, 4.69) is 79.6 Å². The summed E-state index contributed by atoms with van der Waals surface area (Å²) in [6.07, 6.45) is 0. The molecule has 1 nitrogen and oxygen atoms in total. The second kappa shape index (κ2) is 7.30. The molecule has 1 aromatic carbocycles. The van der Waals surface area contributed by atoms with E-state index in [0.717, 1.165) is 12.1 Å². The minimum atomic E-state index is 0.977. The summed E-state index contributed by atoms with van der Waals surface area (Å²) < 4.78 is 0. The zero-order valence-electron chi connectivity index (χ0n) is 9.71. The molecule has 0 atom stereocenters. The van der Waals surface area contributed by atoms with Crippen molar-refractivity contribution >= 4 is 9.53 Å². The summed E-state index contributed by atoms with van der Waals surface area (Å²) in [6.45, 7) is 9.31. The molecule has 0 aromatic heterocycles. The zero-order valence-corrected chi connectivity index (χ0v) is 12.0. The Kier molecular flexibility index (Phi) is 7.31. The van der Waals surface area contributed by atoms with Gasteiger partial charge >= 0.3 is 27.7 Å². The first-order valence-corrected chi connectivity index (χ1v) is 6.69. The Balaban J connectivity index is 0.000000921. The Labute approximate surface area is 108 Å². The number of aryl methyl sites for hydroxylation is 2. The third-order valence-electron chi connectivity index (χ3n) is 2.18. The van der Waals surface area contributed by atoms with Gasteiger partial charge in [0.25, 0.3) is 0 Å². The predicted molar refractivity (Wildman–Crippen MR) is 63.6 cm³/mol. The second-order valence-corrected chi connectivity index (χ2v) is 3.96. The Morgan fingerprint density at radius 2 is 1.80 bits per heavy atom. The SMILES string of the molecule is [CH2-]c1cc(C)cc(C)c1CN(C)C.[Cl][Pd+]. The van der Waals surface area contributed by atoms with Crippen molar-refractivity contribution in [2.45, 2.75) is 20.4 Å². The van der Waals surface area contributed by atoms with Crippen molar-refractivity contribution in [3.05, 3.63) is 41.3 Å². The monoisotopic (exact) mass is 317 g/mol. The molecule has 0 saturated carbocycles. The van der Waals surface area contributed by atoms with Crippen molar-refractivity contribution in [1.29, 1.82) is 0 Å². The van der Waals surface area contributed by atoms with E-state index in [-0.39, 0.29) is 0 Å². The van der Waals surface area contributed by atoms with Crippen LogP contribution in [0.3, 0.4) is 0 Å². The Morgan fingerprint density at radius 1 is 1.27 bits per heavy atom. The third kappa shape index (κ3) is 5.04. The maximum atomic E-state index is 4.49. The van der Waals surface area contributed by atoms with E-state index in [1.54, 1.807) is 0 Å². The van der Waals surface area contributed by atoms with E-state index in [1.807, 2.05) is 0 Å². The Morgan fingerprint density at radius 3 is 2.20 bits per heavy atom. The van der Waals surface area contributed by atoms with E-state index < -0.39 is 0 Å². The van der Waals surface area contributed by atoms with Gasteiger partial charge in [-0.2, -0.15) is 18.6 Å². The van der Waals surface area contributed by atoms with Crippen molar-refractivity contribution in [3.8, 4) is 0 Å². The van der Waals surface area contributed by atoms with Gasteiger partial charge in [-0.15, -0.1) is 16.7 Å². The van der Waals surface area contributed by atoms with Crippen LogP contribution < -0.4 is 0 Å². The molecule has 15 heavy (non-hydrogen) atoms. The molecule has 0 heterocycles. The average Bonchev–Trinajstić information content (AvgIpc) is 2.14. The Bertz CT molecular complexity index is 287. The minimum absolute atomic E-state index is 0.977. The number of nitrogens with zero attached hydrogens (tertiary/aromatic N) is 1. The van der Waals surface area contributed by atoms with Crippen LogP contribution in [0.1, 0.15) is 22.3 Å². The van der Waals surface area contributed by atoms with Crippen molar-refractivity contribution in [2.24, 2.45) is 0 Å². The average molecular weight is 318 g/mol. The van der Waals surface area contributed by atoms with Gasteiger partial charge in [-0.3, -0.25) is 0 Å². The molecule has 1 aromatic rings. The summed E-state index contributed by atoms with van der Waals surface area (Å²) >= 11 is 2.22. The first kappa shape index (κ1) is 15.0. The molecule has 0 bridgehead atoms. The van der Waals surface area contributed by atoms with Crippen LogP contribution in [0.5, 0.6) is 0 Å². The van der Waals surface area contributed by atoms with Gasteiger partial charge < -0.3 is 4.90 Å². The summed E-state index contributed by atoms with van der Waals surface area (Å²) in [5, 5.41) is 0. The molecule has 0 radical (unpaired) electrons. The molecule has 0 unspecified atom stereocenters. The number of hydrogen-bond acceptors (Lipinski definition) is 1. The van der Waals surface area contributed by atoms with Crippen LogP contribution in [0.2, 0.25) is 0 Å². The third-order valence-corrected chi connectivity index (χ3v) is 2.18. The first-order chi connectivity index (χ1) is 7.00. The Hall–Kier alpha value is 0.00234. The van der Waals surface area contributed by atoms with Crippen molar-refractivity contribution in [1.82, 2.24) is 4.90 Å². The van der Waals surface area contributed by atoms with Gasteiger partial charge in [0.2, 0.25) is 0 Å². The van der Waals surface area contributed by atoms with E-state index in [4.69, 9.17) is 0 Å². The van der Waals surface area contributed by atoms with Crippen molar-refractivity contribution < 1.29 is 18.2 Å². The molecular formula is C12H18ClNPd. The zero-order chi connectivity index (χ0) is 12.0. The van der Waals surface area contributed by atoms with Gasteiger partial charge in [0.1, 0.15) is 0 Å². The van der Waals surface area contributed by atoms with Crippen molar-refractivity contribution in [2.75, 3.05) is 14.1 Å². The summed E-state index contributed by atoms with van der Waals surface area (Å²) in [5.41, 5.74) is 5.16. The van der Waals surface area contributed by atoms with E-state index in [0.29, 0.717) is 0 Å². The quantitative estimate of drug-likeness (QED) is 0.598. The number of hydrogen-bond donors (Lipinski definition) is 0. The van der Waals surface area contributed by atoms with Crippen LogP contribution in [0.25, 0.3) is 0 Å². The molecular weight excluding hydrogens is 300 g/mol. The summed E-state index contributed by atoms with van der Waals surface area (Å²) in [7, 11) is 8.65. The van der Waals surface area contributed by atoms with Gasteiger partial charge in [0.15, 0.2) is 0 Å². The first-order valence-electron chi connectivity index (χ1n) is 4.69. The maximum absolute atomic E-state index is 4.49. The molecule has 0 aliphatic carbocycles. The van der Waals surface area contributed by atoms with E-state index >= 15 is 0 Å². The molecule has 0 amide bonds. The summed E-state index contributed by atoms with van der Waals surface area (Å²) in [6, 6.07) is 4.36. The normalized spacial score (nSPS) is 9.87.